The molecule has 1 aromatic carbocycles. The molecule has 0 aliphatic heterocycles. The van der Waals surface area contributed by atoms with Gasteiger partial charge in [-0.25, -0.2) is 0 Å². The Morgan fingerprint density at radius 1 is 0.947 bits per heavy atom. The maximum absolute atomic E-state index is 2.54. The summed E-state index contributed by atoms with van der Waals surface area (Å²) >= 11 is 2.53. The minimum Gasteiger partial charge on any atom is -0.0850 e. The highest BCUT2D eigenvalue weighted by Gasteiger charge is 2.29. The number of halogens is 1. The Balaban J connectivity index is 1.90. The minimum absolute atomic E-state index is 0.698. The lowest BCUT2D eigenvalue weighted by Crippen LogP contribution is -2.19. The van der Waals surface area contributed by atoms with Crippen LogP contribution in [-0.2, 0) is 0 Å². The lowest BCUT2D eigenvalue weighted by molar-refractivity contribution is 0.444. The second-order valence-electron chi connectivity index (χ2n) is 5.74. The largest absolute Gasteiger partial charge is 0.0850 e. The molecule has 2 aliphatic rings. The first-order chi connectivity index (χ1) is 9.34. The van der Waals surface area contributed by atoms with E-state index < -0.39 is 0 Å². The van der Waals surface area contributed by atoms with Gasteiger partial charge in [-0.1, -0.05) is 48.1 Å². The van der Waals surface area contributed by atoms with Gasteiger partial charge in [0, 0.05) is 0 Å². The van der Waals surface area contributed by atoms with Crippen LogP contribution in [0.3, 0.4) is 0 Å². The average molecular weight is 364 g/mol. The summed E-state index contributed by atoms with van der Waals surface area (Å²) in [5, 5.41) is 0. The highest BCUT2D eigenvalue weighted by Crippen LogP contribution is 2.45. The number of allylic oxidation sites excluding steroid dienone is 4. The van der Waals surface area contributed by atoms with Crippen LogP contribution < -0.4 is 0 Å². The maximum atomic E-state index is 2.54. The molecule has 0 fully saturated rings. The van der Waals surface area contributed by atoms with Crippen molar-refractivity contribution in [1.82, 2.24) is 0 Å². The molecule has 2 unspecified atom stereocenters. The van der Waals surface area contributed by atoms with Gasteiger partial charge in [-0.05, 0) is 82.1 Å². The zero-order chi connectivity index (χ0) is 13.1. The van der Waals surface area contributed by atoms with Crippen molar-refractivity contribution in [3.8, 4) is 0 Å². The van der Waals surface area contributed by atoms with Crippen molar-refractivity contribution in [3.05, 3.63) is 57.2 Å². The molecular formula is C18H21I. The van der Waals surface area contributed by atoms with Crippen LogP contribution in [0.2, 0.25) is 0 Å². The van der Waals surface area contributed by atoms with Gasteiger partial charge in [0.2, 0.25) is 0 Å². The molecule has 2 atom stereocenters. The molecule has 0 nitrogen and oxygen atoms in total. The van der Waals surface area contributed by atoms with E-state index in [1.807, 2.05) is 0 Å². The molecule has 0 saturated carbocycles. The van der Waals surface area contributed by atoms with Gasteiger partial charge in [0.05, 0.1) is 0 Å². The summed E-state index contributed by atoms with van der Waals surface area (Å²) in [5.41, 5.74) is 3.27. The SMILES string of the molecule is IC1=CCC(c2ccccc2)C(C2=CCCCC2)C1. The molecule has 100 valence electrons. The van der Waals surface area contributed by atoms with E-state index in [0.717, 1.165) is 5.92 Å². The van der Waals surface area contributed by atoms with Crippen LogP contribution in [0.4, 0.5) is 0 Å². The Bertz CT molecular complexity index is 484. The van der Waals surface area contributed by atoms with Crippen molar-refractivity contribution in [2.45, 2.75) is 44.4 Å². The van der Waals surface area contributed by atoms with Crippen molar-refractivity contribution < 1.29 is 0 Å². The van der Waals surface area contributed by atoms with Gasteiger partial charge in [0.25, 0.3) is 0 Å². The van der Waals surface area contributed by atoms with Crippen LogP contribution in [0.15, 0.2) is 51.6 Å². The lowest BCUT2D eigenvalue weighted by Gasteiger charge is -2.34. The molecule has 0 saturated heterocycles. The first-order valence-corrected chi connectivity index (χ1v) is 8.51. The molecule has 0 heterocycles. The molecular weight excluding hydrogens is 343 g/mol. The third-order valence-corrected chi connectivity index (χ3v) is 5.40. The number of rotatable bonds is 2. The molecule has 3 rings (SSSR count). The van der Waals surface area contributed by atoms with Gasteiger partial charge < -0.3 is 0 Å². The first-order valence-electron chi connectivity index (χ1n) is 7.43. The van der Waals surface area contributed by atoms with Gasteiger partial charge in [0.1, 0.15) is 0 Å². The van der Waals surface area contributed by atoms with Crippen molar-refractivity contribution >= 4 is 22.6 Å². The third-order valence-electron chi connectivity index (χ3n) is 4.52. The Hall–Kier alpha value is -0.570. The third kappa shape index (κ3) is 3.13. The number of benzene rings is 1. The zero-order valence-corrected chi connectivity index (χ0v) is 13.5. The van der Waals surface area contributed by atoms with Gasteiger partial charge in [-0.15, -0.1) is 0 Å². The van der Waals surface area contributed by atoms with E-state index in [0.29, 0.717) is 5.92 Å². The van der Waals surface area contributed by atoms with Crippen molar-refractivity contribution in [2.75, 3.05) is 0 Å². The molecule has 0 aromatic heterocycles. The van der Waals surface area contributed by atoms with Crippen LogP contribution >= 0.6 is 22.6 Å². The molecule has 1 heteroatoms. The van der Waals surface area contributed by atoms with Crippen LogP contribution in [0, 0.1) is 5.92 Å². The van der Waals surface area contributed by atoms with E-state index in [1.165, 1.54) is 44.1 Å². The van der Waals surface area contributed by atoms with E-state index in [9.17, 15) is 0 Å². The van der Waals surface area contributed by atoms with Crippen LogP contribution in [0.25, 0.3) is 0 Å². The van der Waals surface area contributed by atoms with E-state index in [2.05, 4.69) is 65.1 Å². The molecule has 0 radical (unpaired) electrons. The number of hydrogen-bond acceptors (Lipinski definition) is 0. The second kappa shape index (κ2) is 6.25. The minimum atomic E-state index is 0.698. The van der Waals surface area contributed by atoms with E-state index in [-0.39, 0.29) is 0 Å². The maximum Gasteiger partial charge on any atom is -0.00581 e. The Labute approximate surface area is 130 Å². The summed E-state index contributed by atoms with van der Waals surface area (Å²) in [7, 11) is 0. The summed E-state index contributed by atoms with van der Waals surface area (Å²) in [5.74, 6) is 1.45. The molecule has 2 aliphatic carbocycles. The summed E-state index contributed by atoms with van der Waals surface area (Å²) in [4.78, 5) is 0. The van der Waals surface area contributed by atoms with Gasteiger partial charge in [0.15, 0.2) is 0 Å². The molecule has 0 amide bonds. The van der Waals surface area contributed by atoms with Gasteiger partial charge in [-0.3, -0.25) is 0 Å². The molecule has 19 heavy (non-hydrogen) atoms. The van der Waals surface area contributed by atoms with Crippen LogP contribution in [-0.4, -0.2) is 0 Å². The Morgan fingerprint density at radius 3 is 2.53 bits per heavy atom. The standard InChI is InChI=1S/C18H21I/c19-16-11-12-17(14-7-3-1-4-8-14)18(13-16)15-9-5-2-6-10-15/h1,3-4,7-9,11,17-18H,2,5-6,10,12-13H2. The fourth-order valence-corrected chi connectivity index (χ4v) is 4.24. The fraction of sp³-hybridized carbons (Fsp3) is 0.444. The fourth-order valence-electron chi connectivity index (χ4n) is 3.51. The van der Waals surface area contributed by atoms with Gasteiger partial charge in [-0.2, -0.15) is 0 Å². The summed E-state index contributed by atoms with van der Waals surface area (Å²) < 4.78 is 1.56. The number of hydrogen-bond donors (Lipinski definition) is 0. The van der Waals surface area contributed by atoms with Crippen LogP contribution in [0.5, 0.6) is 0 Å². The zero-order valence-electron chi connectivity index (χ0n) is 11.3. The predicted octanol–water partition coefficient (Wildman–Crippen LogP) is 6.00. The summed E-state index contributed by atoms with van der Waals surface area (Å²) in [6.07, 6.45) is 12.9. The first kappa shape index (κ1) is 13.4. The van der Waals surface area contributed by atoms with E-state index in [1.54, 1.807) is 9.15 Å². The highest BCUT2D eigenvalue weighted by molar-refractivity contribution is 14.1. The smallest absolute Gasteiger partial charge is 0.00581 e. The molecule has 0 N–H and O–H groups in total. The monoisotopic (exact) mass is 364 g/mol. The molecule has 0 spiro atoms. The predicted molar refractivity (Wildman–Crippen MR) is 90.6 cm³/mol. The average Bonchev–Trinajstić information content (AvgIpc) is 2.49. The van der Waals surface area contributed by atoms with E-state index in [4.69, 9.17) is 0 Å². The Kier molecular flexibility index (Phi) is 4.42. The highest BCUT2D eigenvalue weighted by atomic mass is 127. The lowest BCUT2D eigenvalue weighted by atomic mass is 9.72. The molecule has 1 aromatic rings. The van der Waals surface area contributed by atoms with E-state index >= 15 is 0 Å². The Morgan fingerprint density at radius 2 is 1.79 bits per heavy atom. The van der Waals surface area contributed by atoms with Crippen molar-refractivity contribution in [3.63, 3.8) is 0 Å². The summed E-state index contributed by atoms with van der Waals surface area (Å²) in [6, 6.07) is 11.1. The van der Waals surface area contributed by atoms with Crippen LogP contribution in [0.1, 0.15) is 50.0 Å². The molecule has 0 bridgehead atoms. The normalized spacial score (nSPS) is 27.6. The second-order valence-corrected chi connectivity index (χ2v) is 7.12. The topological polar surface area (TPSA) is 0 Å². The van der Waals surface area contributed by atoms with Crippen molar-refractivity contribution in [1.29, 1.82) is 0 Å². The summed E-state index contributed by atoms with van der Waals surface area (Å²) in [6.45, 7) is 0. The quantitative estimate of drug-likeness (QED) is 0.446. The van der Waals surface area contributed by atoms with Crippen molar-refractivity contribution in [2.24, 2.45) is 5.92 Å². The van der Waals surface area contributed by atoms with Gasteiger partial charge >= 0.3 is 0 Å².